The van der Waals surface area contributed by atoms with Crippen LogP contribution in [0.15, 0.2) is 182 Å². The minimum Gasteiger partial charge on any atom is -0.291 e. The van der Waals surface area contributed by atoms with Crippen LogP contribution in [0.25, 0.3) is 0 Å². The first-order valence-electron chi connectivity index (χ1n) is 20.6. The molecule has 0 spiro atoms. The van der Waals surface area contributed by atoms with Gasteiger partial charge in [-0.05, 0) is 71.9 Å². The highest BCUT2D eigenvalue weighted by Gasteiger charge is 2.44. The van der Waals surface area contributed by atoms with Crippen LogP contribution < -0.4 is 0 Å². The van der Waals surface area contributed by atoms with Gasteiger partial charge in [-0.3, -0.25) is 4.90 Å². The SMILES string of the molecule is c1ccc([C@H]2CC[C@H](c3ccccc3)P2CN(CP2[C@@H](c3ccccc3)CC[C@@H]2c2ccccc2)CP2[C@@H](c3ccccc3)CC[C@@H]2c2ccccc2)cc1. The lowest BCUT2D eigenvalue weighted by molar-refractivity contribution is 0.430. The fraction of sp³-hybridized carbons (Fsp3) is 0.294. The first-order valence-corrected chi connectivity index (χ1v) is 25.6. The summed E-state index contributed by atoms with van der Waals surface area (Å²) in [5.41, 5.74) is 13.3. The molecule has 0 bridgehead atoms. The van der Waals surface area contributed by atoms with Crippen LogP contribution in [0.4, 0.5) is 0 Å². The van der Waals surface area contributed by atoms with Gasteiger partial charge in [0, 0.05) is 52.8 Å². The van der Waals surface area contributed by atoms with E-state index in [-0.39, 0.29) is 23.8 Å². The fourth-order valence-corrected chi connectivity index (χ4v) is 21.4. The lowest BCUT2D eigenvalue weighted by Crippen LogP contribution is -2.28. The Morgan fingerprint density at radius 1 is 0.273 bits per heavy atom. The minimum absolute atomic E-state index is 0.332. The molecule has 4 heteroatoms. The number of benzene rings is 6. The molecule has 3 aliphatic heterocycles. The van der Waals surface area contributed by atoms with Gasteiger partial charge in [-0.2, -0.15) is 0 Å². The summed E-state index contributed by atoms with van der Waals surface area (Å²) in [6, 6.07) is 69.8. The third-order valence-electron chi connectivity index (χ3n) is 12.7. The van der Waals surface area contributed by atoms with Crippen LogP contribution in [-0.2, 0) is 0 Å². The molecule has 3 fully saturated rings. The van der Waals surface area contributed by atoms with Gasteiger partial charge >= 0.3 is 0 Å². The van der Waals surface area contributed by atoms with Crippen molar-refractivity contribution in [2.75, 3.05) is 18.9 Å². The molecule has 0 amide bonds. The zero-order chi connectivity index (χ0) is 36.8. The molecule has 278 valence electrons. The molecule has 3 aliphatic rings. The van der Waals surface area contributed by atoms with Crippen molar-refractivity contribution in [3.05, 3.63) is 215 Å². The third kappa shape index (κ3) is 8.34. The van der Waals surface area contributed by atoms with E-state index in [0.29, 0.717) is 34.0 Å². The molecule has 1 nitrogen and oxygen atoms in total. The Labute approximate surface area is 333 Å². The van der Waals surface area contributed by atoms with E-state index in [1.165, 1.54) is 57.4 Å². The standard InChI is InChI=1S/C51H54NP3/c1-7-19-40(20-8-1)46-31-32-47(41-21-9-2-10-22-41)53(46)37-52(38-54-48(42-23-11-3-12-24-42)33-34-49(54)43-25-13-4-14-26-43)39-55-50(44-27-15-5-16-28-44)35-36-51(55)45-29-17-6-18-30-45/h1-30,46-51H,31-39H2/t46-,47-,48-,49-,50-,51-/m1/s1. The quantitative estimate of drug-likeness (QED) is 0.112. The monoisotopic (exact) mass is 773 g/mol. The Morgan fingerprint density at radius 2 is 0.436 bits per heavy atom. The highest BCUT2D eigenvalue weighted by molar-refractivity contribution is 7.60. The van der Waals surface area contributed by atoms with Crippen LogP contribution >= 0.6 is 23.8 Å². The summed E-state index contributed by atoms with van der Waals surface area (Å²) in [6.07, 6.45) is 11.5. The van der Waals surface area contributed by atoms with Gasteiger partial charge in [0.25, 0.3) is 0 Å². The van der Waals surface area contributed by atoms with E-state index in [1.54, 1.807) is 33.4 Å². The van der Waals surface area contributed by atoms with Crippen molar-refractivity contribution < 1.29 is 0 Å². The molecule has 0 aliphatic carbocycles. The van der Waals surface area contributed by atoms with Gasteiger partial charge in [0.15, 0.2) is 0 Å². The van der Waals surface area contributed by atoms with E-state index in [1.807, 2.05) is 0 Å². The Balaban J connectivity index is 1.13. The van der Waals surface area contributed by atoms with Crippen molar-refractivity contribution in [2.45, 2.75) is 72.5 Å². The maximum absolute atomic E-state index is 3.13. The summed E-state index contributed by atoms with van der Waals surface area (Å²) in [5, 5.41) is 0. The third-order valence-corrected chi connectivity index (χ3v) is 23.1. The lowest BCUT2D eigenvalue weighted by Gasteiger charge is -2.40. The predicted octanol–water partition coefficient (Wildman–Crippen LogP) is 15.4. The maximum Gasteiger partial charge on any atom is 0.0202 e. The van der Waals surface area contributed by atoms with Gasteiger partial charge in [-0.1, -0.05) is 206 Å². The molecule has 0 radical (unpaired) electrons. The molecule has 6 aromatic rings. The molecule has 6 aromatic carbocycles. The van der Waals surface area contributed by atoms with E-state index >= 15 is 0 Å². The Kier molecular flexibility index (Phi) is 12.0. The first kappa shape index (κ1) is 37.2. The second-order valence-corrected chi connectivity index (χ2v) is 23.6. The first-order chi connectivity index (χ1) is 27.3. The molecule has 3 heterocycles. The van der Waals surface area contributed by atoms with E-state index in [0.717, 1.165) is 0 Å². The van der Waals surface area contributed by atoms with Crippen LogP contribution in [0.5, 0.6) is 0 Å². The van der Waals surface area contributed by atoms with Crippen molar-refractivity contribution in [1.29, 1.82) is 0 Å². The van der Waals surface area contributed by atoms with Gasteiger partial charge in [-0.25, -0.2) is 0 Å². The van der Waals surface area contributed by atoms with Crippen molar-refractivity contribution in [3.63, 3.8) is 0 Å². The van der Waals surface area contributed by atoms with Gasteiger partial charge < -0.3 is 0 Å². The summed E-state index contributed by atoms with van der Waals surface area (Å²) in [6.45, 7) is 0. The second kappa shape index (κ2) is 17.8. The Morgan fingerprint density at radius 3 is 0.600 bits per heavy atom. The summed E-state index contributed by atoms with van der Waals surface area (Å²) < 4.78 is 0. The number of rotatable bonds is 12. The molecule has 0 aromatic heterocycles. The second-order valence-electron chi connectivity index (χ2n) is 15.9. The molecule has 6 atom stereocenters. The zero-order valence-corrected chi connectivity index (χ0v) is 34.6. The molecular weight excluding hydrogens is 719 g/mol. The Hall–Kier alpha value is -3.43. The lowest BCUT2D eigenvalue weighted by atomic mass is 10.0. The van der Waals surface area contributed by atoms with Crippen LogP contribution in [0.1, 0.15) is 106 Å². The van der Waals surface area contributed by atoms with Crippen LogP contribution in [0.2, 0.25) is 0 Å². The van der Waals surface area contributed by atoms with Crippen LogP contribution in [0.3, 0.4) is 0 Å². The van der Waals surface area contributed by atoms with E-state index in [2.05, 4.69) is 187 Å². The average molecular weight is 774 g/mol. The fourth-order valence-electron chi connectivity index (χ4n) is 10.2. The number of nitrogens with zero attached hydrogens (tertiary/aromatic N) is 1. The van der Waals surface area contributed by atoms with E-state index in [9.17, 15) is 0 Å². The van der Waals surface area contributed by atoms with Crippen molar-refractivity contribution >= 4 is 23.8 Å². The minimum atomic E-state index is -0.332. The summed E-state index contributed by atoms with van der Waals surface area (Å²) >= 11 is 0. The highest BCUT2D eigenvalue weighted by Crippen LogP contribution is 2.75. The van der Waals surface area contributed by atoms with Crippen molar-refractivity contribution in [1.82, 2.24) is 4.90 Å². The van der Waals surface area contributed by atoms with Crippen molar-refractivity contribution in [2.24, 2.45) is 0 Å². The zero-order valence-electron chi connectivity index (χ0n) is 31.9. The molecular formula is C51H54NP3. The molecule has 3 saturated heterocycles. The summed E-state index contributed by atoms with van der Waals surface area (Å²) in [5.74, 6) is 0. The van der Waals surface area contributed by atoms with Gasteiger partial charge in [0.1, 0.15) is 0 Å². The topological polar surface area (TPSA) is 3.24 Å². The molecule has 9 rings (SSSR count). The highest BCUT2D eigenvalue weighted by atomic mass is 31.1. The summed E-state index contributed by atoms with van der Waals surface area (Å²) in [4.78, 5) is 3.13. The number of hydrogen-bond donors (Lipinski definition) is 0. The maximum atomic E-state index is 3.13. The summed E-state index contributed by atoms with van der Waals surface area (Å²) in [7, 11) is -0.995. The Bertz CT molecular complexity index is 1660. The van der Waals surface area contributed by atoms with Gasteiger partial charge in [0.2, 0.25) is 0 Å². The van der Waals surface area contributed by atoms with Gasteiger partial charge in [-0.15, -0.1) is 0 Å². The smallest absolute Gasteiger partial charge is 0.0202 e. The van der Waals surface area contributed by atoms with Crippen LogP contribution in [-0.4, -0.2) is 23.8 Å². The largest absolute Gasteiger partial charge is 0.291 e. The average Bonchev–Trinajstić information content (AvgIpc) is 4.00. The molecule has 0 N–H and O–H groups in total. The predicted molar refractivity (Wildman–Crippen MR) is 240 cm³/mol. The van der Waals surface area contributed by atoms with Crippen LogP contribution in [0, 0.1) is 0 Å². The van der Waals surface area contributed by atoms with E-state index in [4.69, 9.17) is 0 Å². The van der Waals surface area contributed by atoms with Crippen molar-refractivity contribution in [3.8, 4) is 0 Å². The molecule has 0 saturated carbocycles. The van der Waals surface area contributed by atoms with E-state index < -0.39 is 0 Å². The molecule has 55 heavy (non-hydrogen) atoms. The van der Waals surface area contributed by atoms with Gasteiger partial charge in [0.05, 0.1) is 0 Å². The normalized spacial score (nSPS) is 24.8. The number of hydrogen-bond acceptors (Lipinski definition) is 1. The molecule has 0 unspecified atom stereocenters.